The highest BCUT2D eigenvalue weighted by Gasteiger charge is 2.22. The molecule has 1 aliphatic rings. The van der Waals surface area contributed by atoms with Gasteiger partial charge in [0.25, 0.3) is 0 Å². The summed E-state index contributed by atoms with van der Waals surface area (Å²) in [7, 11) is 1.74. The standard InChI is InChI=1S/C15H21NO3/c1-18-14-9-7-13(8-10-14)16-15(17)19-11-12-5-3-2-4-6-12/h2-6,13-14H,7-11H2,1H3,(H,16,17). The minimum absolute atomic E-state index is 0.217. The summed E-state index contributed by atoms with van der Waals surface area (Å²) in [5, 5.41) is 2.92. The lowest BCUT2D eigenvalue weighted by molar-refractivity contribution is 0.0605. The Hall–Kier alpha value is -1.55. The third-order valence-electron chi connectivity index (χ3n) is 3.54. The van der Waals surface area contributed by atoms with Crippen LogP contribution < -0.4 is 5.32 Å². The number of methoxy groups -OCH3 is 1. The Balaban J connectivity index is 1.67. The molecular formula is C15H21NO3. The number of ether oxygens (including phenoxy) is 2. The van der Waals surface area contributed by atoms with Crippen LogP contribution in [-0.4, -0.2) is 25.3 Å². The van der Waals surface area contributed by atoms with Crippen LogP contribution in [0, 0.1) is 0 Å². The van der Waals surface area contributed by atoms with Gasteiger partial charge < -0.3 is 14.8 Å². The highest BCUT2D eigenvalue weighted by atomic mass is 16.5. The summed E-state index contributed by atoms with van der Waals surface area (Å²) in [6, 6.07) is 9.91. The first kappa shape index (κ1) is 13.9. The molecule has 0 saturated heterocycles. The van der Waals surface area contributed by atoms with Crippen LogP contribution in [0.5, 0.6) is 0 Å². The Morgan fingerprint density at radius 2 is 1.89 bits per heavy atom. The van der Waals surface area contributed by atoms with Crippen LogP contribution in [0.2, 0.25) is 0 Å². The summed E-state index contributed by atoms with van der Waals surface area (Å²) in [6.45, 7) is 0.320. The van der Waals surface area contributed by atoms with Crippen molar-refractivity contribution in [2.75, 3.05) is 7.11 Å². The summed E-state index contributed by atoms with van der Waals surface area (Å²) in [6.07, 6.45) is 3.93. The number of carbonyl (C=O) groups excluding carboxylic acids is 1. The van der Waals surface area contributed by atoms with Crippen molar-refractivity contribution in [2.45, 2.75) is 44.4 Å². The van der Waals surface area contributed by atoms with Crippen LogP contribution in [0.15, 0.2) is 30.3 Å². The average Bonchev–Trinajstić information content (AvgIpc) is 2.47. The van der Waals surface area contributed by atoms with E-state index < -0.39 is 0 Å². The first-order chi connectivity index (χ1) is 9.28. The van der Waals surface area contributed by atoms with Gasteiger partial charge in [-0.2, -0.15) is 0 Å². The number of nitrogens with one attached hydrogen (secondary N) is 1. The Bertz CT molecular complexity index is 386. The lowest BCUT2D eigenvalue weighted by Gasteiger charge is -2.27. The summed E-state index contributed by atoms with van der Waals surface area (Å²) < 4.78 is 10.5. The van der Waals surface area contributed by atoms with Gasteiger partial charge in [-0.05, 0) is 31.2 Å². The molecule has 4 nitrogen and oxygen atoms in total. The Morgan fingerprint density at radius 1 is 1.21 bits per heavy atom. The molecule has 1 aromatic carbocycles. The molecule has 19 heavy (non-hydrogen) atoms. The van der Waals surface area contributed by atoms with E-state index in [4.69, 9.17) is 9.47 Å². The van der Waals surface area contributed by atoms with Crippen molar-refractivity contribution in [3.05, 3.63) is 35.9 Å². The summed E-state index contributed by atoms with van der Waals surface area (Å²) in [4.78, 5) is 11.7. The number of hydrogen-bond acceptors (Lipinski definition) is 3. The monoisotopic (exact) mass is 263 g/mol. The SMILES string of the molecule is COC1CCC(NC(=O)OCc2ccccc2)CC1. The van der Waals surface area contributed by atoms with Crippen molar-refractivity contribution >= 4 is 6.09 Å². The zero-order chi connectivity index (χ0) is 13.5. The largest absolute Gasteiger partial charge is 0.445 e. The summed E-state index contributed by atoms with van der Waals surface area (Å²) >= 11 is 0. The molecule has 1 amide bonds. The molecule has 1 saturated carbocycles. The van der Waals surface area contributed by atoms with Crippen LogP contribution in [0.3, 0.4) is 0 Å². The number of benzene rings is 1. The quantitative estimate of drug-likeness (QED) is 0.908. The number of alkyl carbamates (subject to hydrolysis) is 1. The van der Waals surface area contributed by atoms with Crippen molar-refractivity contribution in [3.63, 3.8) is 0 Å². The smallest absolute Gasteiger partial charge is 0.407 e. The molecule has 1 aliphatic carbocycles. The second-order valence-electron chi connectivity index (χ2n) is 4.92. The normalized spacial score (nSPS) is 22.8. The molecule has 0 bridgehead atoms. The van der Waals surface area contributed by atoms with Gasteiger partial charge in [0.2, 0.25) is 0 Å². The molecule has 0 aliphatic heterocycles. The predicted octanol–water partition coefficient (Wildman–Crippen LogP) is 2.87. The van der Waals surface area contributed by atoms with E-state index in [1.165, 1.54) is 0 Å². The highest BCUT2D eigenvalue weighted by molar-refractivity contribution is 5.67. The number of amides is 1. The molecule has 1 aromatic rings. The van der Waals surface area contributed by atoms with Crippen molar-refractivity contribution in [1.29, 1.82) is 0 Å². The lowest BCUT2D eigenvalue weighted by atomic mass is 9.93. The minimum atomic E-state index is -0.329. The van der Waals surface area contributed by atoms with Crippen LogP contribution in [-0.2, 0) is 16.1 Å². The maximum Gasteiger partial charge on any atom is 0.407 e. The van der Waals surface area contributed by atoms with E-state index >= 15 is 0 Å². The first-order valence-corrected chi connectivity index (χ1v) is 6.78. The van der Waals surface area contributed by atoms with E-state index in [9.17, 15) is 4.79 Å². The maximum atomic E-state index is 11.7. The molecule has 0 radical (unpaired) electrons. The molecule has 1 fully saturated rings. The molecule has 2 rings (SSSR count). The van der Waals surface area contributed by atoms with Gasteiger partial charge in [-0.15, -0.1) is 0 Å². The topological polar surface area (TPSA) is 47.6 Å². The fourth-order valence-corrected chi connectivity index (χ4v) is 2.37. The molecular weight excluding hydrogens is 242 g/mol. The zero-order valence-corrected chi connectivity index (χ0v) is 11.3. The van der Waals surface area contributed by atoms with Gasteiger partial charge in [0.05, 0.1) is 6.10 Å². The highest BCUT2D eigenvalue weighted by Crippen LogP contribution is 2.20. The lowest BCUT2D eigenvalue weighted by Crippen LogP contribution is -2.39. The van der Waals surface area contributed by atoms with E-state index in [1.807, 2.05) is 30.3 Å². The Kier molecular flexibility index (Phi) is 5.21. The van der Waals surface area contributed by atoms with E-state index in [0.29, 0.717) is 12.7 Å². The van der Waals surface area contributed by atoms with E-state index in [-0.39, 0.29) is 12.1 Å². The average molecular weight is 263 g/mol. The van der Waals surface area contributed by atoms with Crippen molar-refractivity contribution < 1.29 is 14.3 Å². The van der Waals surface area contributed by atoms with Gasteiger partial charge in [0.15, 0.2) is 0 Å². The Morgan fingerprint density at radius 3 is 2.53 bits per heavy atom. The number of rotatable bonds is 4. The van der Waals surface area contributed by atoms with Crippen molar-refractivity contribution in [2.24, 2.45) is 0 Å². The van der Waals surface area contributed by atoms with Crippen molar-refractivity contribution in [1.82, 2.24) is 5.32 Å². The van der Waals surface area contributed by atoms with Gasteiger partial charge in [0, 0.05) is 13.2 Å². The number of hydrogen-bond donors (Lipinski definition) is 1. The second kappa shape index (κ2) is 7.14. The minimum Gasteiger partial charge on any atom is -0.445 e. The van der Waals surface area contributed by atoms with Crippen LogP contribution in [0.1, 0.15) is 31.2 Å². The predicted molar refractivity (Wildman–Crippen MR) is 72.8 cm³/mol. The molecule has 1 N–H and O–H groups in total. The molecule has 104 valence electrons. The van der Waals surface area contributed by atoms with E-state index in [0.717, 1.165) is 31.2 Å². The van der Waals surface area contributed by atoms with Crippen molar-refractivity contribution in [3.8, 4) is 0 Å². The van der Waals surface area contributed by atoms with Crippen LogP contribution >= 0.6 is 0 Å². The summed E-state index contributed by atoms with van der Waals surface area (Å²) in [5.74, 6) is 0. The molecule has 0 spiro atoms. The molecule has 4 heteroatoms. The molecule has 0 aromatic heterocycles. The zero-order valence-electron chi connectivity index (χ0n) is 11.3. The van der Waals surface area contributed by atoms with Crippen LogP contribution in [0.4, 0.5) is 4.79 Å². The van der Waals surface area contributed by atoms with Gasteiger partial charge in [-0.1, -0.05) is 30.3 Å². The molecule has 0 heterocycles. The van der Waals surface area contributed by atoms with Gasteiger partial charge in [-0.25, -0.2) is 4.79 Å². The van der Waals surface area contributed by atoms with Gasteiger partial charge in [-0.3, -0.25) is 0 Å². The third kappa shape index (κ3) is 4.56. The maximum absolute atomic E-state index is 11.7. The van der Waals surface area contributed by atoms with E-state index in [1.54, 1.807) is 7.11 Å². The Labute approximate surface area is 114 Å². The number of carbonyl (C=O) groups is 1. The summed E-state index contributed by atoms with van der Waals surface area (Å²) in [5.41, 5.74) is 1.00. The van der Waals surface area contributed by atoms with E-state index in [2.05, 4.69) is 5.32 Å². The fraction of sp³-hybridized carbons (Fsp3) is 0.533. The second-order valence-corrected chi connectivity index (χ2v) is 4.92. The van der Waals surface area contributed by atoms with Gasteiger partial charge >= 0.3 is 6.09 Å². The molecule has 0 atom stereocenters. The van der Waals surface area contributed by atoms with Gasteiger partial charge in [0.1, 0.15) is 6.61 Å². The van der Waals surface area contributed by atoms with Crippen LogP contribution in [0.25, 0.3) is 0 Å². The first-order valence-electron chi connectivity index (χ1n) is 6.78. The fourth-order valence-electron chi connectivity index (χ4n) is 2.37. The molecule has 0 unspecified atom stereocenters. The third-order valence-corrected chi connectivity index (χ3v) is 3.54.